The summed E-state index contributed by atoms with van der Waals surface area (Å²) in [6.45, 7) is 0. The molecule has 0 aliphatic carbocycles. The molecule has 9 rings (SSSR count). The highest BCUT2D eigenvalue weighted by Gasteiger charge is 2.11. The van der Waals surface area contributed by atoms with Crippen molar-refractivity contribution in [3.8, 4) is 22.3 Å². The van der Waals surface area contributed by atoms with E-state index in [1.54, 1.807) is 0 Å². The average molecular weight is 531 g/mol. The Morgan fingerprint density at radius 3 is 1.05 bits per heavy atom. The summed E-state index contributed by atoms with van der Waals surface area (Å²) in [5.41, 5.74) is 5.01. The van der Waals surface area contributed by atoms with Crippen molar-refractivity contribution >= 4 is 64.6 Å². The van der Waals surface area contributed by atoms with Crippen molar-refractivity contribution in [1.82, 2.24) is 0 Å². The molecule has 0 radical (unpaired) electrons. The molecule has 9 aromatic carbocycles. The molecule has 0 fully saturated rings. The Balaban J connectivity index is 1.17. The number of rotatable bonds is 2. The van der Waals surface area contributed by atoms with Crippen LogP contribution in [0.3, 0.4) is 0 Å². The van der Waals surface area contributed by atoms with Crippen molar-refractivity contribution in [2.24, 2.45) is 0 Å². The first-order chi connectivity index (χ1) is 20.8. The van der Waals surface area contributed by atoms with Crippen LogP contribution in [-0.2, 0) is 0 Å². The van der Waals surface area contributed by atoms with Crippen molar-refractivity contribution < 1.29 is 0 Å². The first-order valence-electron chi connectivity index (χ1n) is 14.6. The van der Waals surface area contributed by atoms with E-state index in [9.17, 15) is 0 Å². The van der Waals surface area contributed by atoms with E-state index in [0.717, 1.165) is 0 Å². The van der Waals surface area contributed by atoms with Crippen molar-refractivity contribution in [3.05, 3.63) is 158 Å². The van der Waals surface area contributed by atoms with Crippen LogP contribution in [0, 0.1) is 0 Å². The second-order valence-corrected chi connectivity index (χ2v) is 11.4. The number of benzene rings is 9. The van der Waals surface area contributed by atoms with E-state index in [0.29, 0.717) is 0 Å². The lowest BCUT2D eigenvalue weighted by atomic mass is 9.91. The van der Waals surface area contributed by atoms with Crippen LogP contribution >= 0.6 is 0 Å². The Kier molecular flexibility index (Phi) is 5.00. The maximum absolute atomic E-state index is 2.34. The molecule has 0 atom stereocenters. The summed E-state index contributed by atoms with van der Waals surface area (Å²) in [5, 5.41) is 15.5. The smallest absolute Gasteiger partial charge is 0.00988 e. The maximum atomic E-state index is 2.34. The van der Waals surface area contributed by atoms with Gasteiger partial charge in [-0.15, -0.1) is 0 Å². The molecule has 0 unspecified atom stereocenters. The Labute approximate surface area is 244 Å². The zero-order chi connectivity index (χ0) is 27.6. The molecule has 0 saturated carbocycles. The molecule has 0 aliphatic rings. The van der Waals surface area contributed by atoms with Crippen LogP contribution in [0.5, 0.6) is 0 Å². The molecule has 0 bridgehead atoms. The lowest BCUT2D eigenvalue weighted by Crippen LogP contribution is -1.86. The van der Waals surface area contributed by atoms with E-state index >= 15 is 0 Å². The highest BCUT2D eigenvalue weighted by molar-refractivity contribution is 6.16. The standard InChI is InChI=1S/C42H26/c1-3-9-31-25-41-33(23-29(31)7-1)19-21-39-35(11-5-13-37(39)41)27-15-17-28(18-16-27)36-12-6-14-38-40(36)22-20-34-24-30-8-2-4-10-32(30)26-42(34)38/h1-26H. The molecular weight excluding hydrogens is 504 g/mol. The van der Waals surface area contributed by atoms with Gasteiger partial charge in [0.15, 0.2) is 0 Å². The minimum absolute atomic E-state index is 1.24. The van der Waals surface area contributed by atoms with E-state index < -0.39 is 0 Å². The summed E-state index contributed by atoms with van der Waals surface area (Å²) in [7, 11) is 0. The topological polar surface area (TPSA) is 0 Å². The number of fused-ring (bicyclic) bond motifs is 8. The second kappa shape index (κ2) is 9.03. The van der Waals surface area contributed by atoms with Gasteiger partial charge in [0.05, 0.1) is 0 Å². The third-order valence-electron chi connectivity index (χ3n) is 8.99. The minimum atomic E-state index is 1.24. The van der Waals surface area contributed by atoms with Crippen molar-refractivity contribution in [2.75, 3.05) is 0 Å². The molecule has 0 amide bonds. The average Bonchev–Trinajstić information content (AvgIpc) is 3.06. The van der Waals surface area contributed by atoms with E-state index in [4.69, 9.17) is 0 Å². The lowest BCUT2D eigenvalue weighted by molar-refractivity contribution is 1.63. The van der Waals surface area contributed by atoms with Gasteiger partial charge in [-0.1, -0.05) is 133 Å². The fourth-order valence-corrected chi connectivity index (χ4v) is 6.90. The zero-order valence-electron chi connectivity index (χ0n) is 23.0. The summed E-state index contributed by atoms with van der Waals surface area (Å²) < 4.78 is 0. The third kappa shape index (κ3) is 3.56. The number of hydrogen-bond donors (Lipinski definition) is 0. The van der Waals surface area contributed by atoms with Crippen molar-refractivity contribution in [1.29, 1.82) is 0 Å². The lowest BCUT2D eigenvalue weighted by Gasteiger charge is -2.13. The van der Waals surface area contributed by atoms with Crippen molar-refractivity contribution in [3.63, 3.8) is 0 Å². The van der Waals surface area contributed by atoms with Crippen LogP contribution < -0.4 is 0 Å². The molecule has 0 nitrogen and oxygen atoms in total. The normalized spacial score (nSPS) is 11.8. The SMILES string of the molecule is c1ccc2cc3c(ccc4c(-c5ccc(-c6cccc7c6ccc6cc8ccccc8cc67)cc5)cccc43)cc2c1. The molecule has 0 aromatic heterocycles. The highest BCUT2D eigenvalue weighted by Crippen LogP contribution is 2.38. The molecule has 194 valence electrons. The fourth-order valence-electron chi connectivity index (χ4n) is 6.90. The van der Waals surface area contributed by atoms with Gasteiger partial charge in [0.25, 0.3) is 0 Å². The summed E-state index contributed by atoms with van der Waals surface area (Å²) in [6, 6.07) is 58.2. The van der Waals surface area contributed by atoms with Gasteiger partial charge >= 0.3 is 0 Å². The van der Waals surface area contributed by atoms with Gasteiger partial charge in [0, 0.05) is 0 Å². The Morgan fingerprint density at radius 2 is 0.619 bits per heavy atom. The van der Waals surface area contributed by atoms with E-state index in [1.165, 1.54) is 86.9 Å². The molecule has 0 saturated heterocycles. The number of hydrogen-bond acceptors (Lipinski definition) is 0. The van der Waals surface area contributed by atoms with E-state index in [2.05, 4.69) is 158 Å². The first kappa shape index (κ1) is 23.3. The molecule has 0 heterocycles. The van der Waals surface area contributed by atoms with Gasteiger partial charge in [-0.3, -0.25) is 0 Å². The van der Waals surface area contributed by atoms with Crippen LogP contribution in [-0.4, -0.2) is 0 Å². The predicted molar refractivity (Wildman–Crippen MR) is 182 cm³/mol. The zero-order valence-corrected chi connectivity index (χ0v) is 23.0. The van der Waals surface area contributed by atoms with Crippen LogP contribution in [0.25, 0.3) is 86.9 Å². The molecular formula is C42H26. The summed E-state index contributed by atoms with van der Waals surface area (Å²) in [6.07, 6.45) is 0. The quantitative estimate of drug-likeness (QED) is 0.154. The molecule has 0 aliphatic heterocycles. The summed E-state index contributed by atoms with van der Waals surface area (Å²) in [4.78, 5) is 0. The van der Waals surface area contributed by atoms with Gasteiger partial charge in [-0.2, -0.15) is 0 Å². The van der Waals surface area contributed by atoms with Gasteiger partial charge in [-0.05, 0) is 111 Å². The van der Waals surface area contributed by atoms with Crippen LogP contribution in [0.4, 0.5) is 0 Å². The van der Waals surface area contributed by atoms with Gasteiger partial charge in [0.1, 0.15) is 0 Å². The maximum Gasteiger partial charge on any atom is -0.00988 e. The monoisotopic (exact) mass is 530 g/mol. The second-order valence-electron chi connectivity index (χ2n) is 11.4. The molecule has 0 heteroatoms. The van der Waals surface area contributed by atoms with Crippen LogP contribution in [0.15, 0.2) is 158 Å². The van der Waals surface area contributed by atoms with Crippen LogP contribution in [0.1, 0.15) is 0 Å². The predicted octanol–water partition coefficient (Wildman–Crippen LogP) is 11.9. The first-order valence-corrected chi connectivity index (χ1v) is 14.6. The summed E-state index contributed by atoms with van der Waals surface area (Å²) >= 11 is 0. The van der Waals surface area contributed by atoms with Gasteiger partial charge < -0.3 is 0 Å². The minimum Gasteiger partial charge on any atom is -0.0616 e. The van der Waals surface area contributed by atoms with Gasteiger partial charge in [-0.25, -0.2) is 0 Å². The van der Waals surface area contributed by atoms with Gasteiger partial charge in [0.2, 0.25) is 0 Å². The molecule has 0 N–H and O–H groups in total. The Bertz CT molecular complexity index is 2320. The molecule has 9 aromatic rings. The van der Waals surface area contributed by atoms with E-state index in [1.807, 2.05) is 0 Å². The fraction of sp³-hybridized carbons (Fsp3) is 0. The summed E-state index contributed by atoms with van der Waals surface area (Å²) in [5.74, 6) is 0. The van der Waals surface area contributed by atoms with Crippen molar-refractivity contribution in [2.45, 2.75) is 0 Å². The largest absolute Gasteiger partial charge is 0.0616 e. The Morgan fingerprint density at radius 1 is 0.214 bits per heavy atom. The molecule has 42 heavy (non-hydrogen) atoms. The third-order valence-corrected chi connectivity index (χ3v) is 8.99. The molecule has 0 spiro atoms. The highest BCUT2D eigenvalue weighted by atomic mass is 14.1. The van der Waals surface area contributed by atoms with E-state index in [-0.39, 0.29) is 0 Å². The Hall–Kier alpha value is -5.46. The van der Waals surface area contributed by atoms with Crippen LogP contribution in [0.2, 0.25) is 0 Å².